The van der Waals surface area contributed by atoms with Crippen molar-refractivity contribution < 1.29 is 14.3 Å². The maximum atomic E-state index is 12.1. The monoisotopic (exact) mass is 328 g/mol. The summed E-state index contributed by atoms with van der Waals surface area (Å²) in [5, 5.41) is 5.32. The summed E-state index contributed by atoms with van der Waals surface area (Å²) in [6.45, 7) is 5.73. The average Bonchev–Trinajstić information content (AvgIpc) is 2.53. The molecule has 0 spiro atoms. The lowest BCUT2D eigenvalue weighted by Gasteiger charge is -2.19. The number of hydrogen-bond donors (Lipinski definition) is 2. The van der Waals surface area contributed by atoms with E-state index < -0.39 is 11.7 Å². The molecular formula is C17H20N4O3. The van der Waals surface area contributed by atoms with E-state index >= 15 is 0 Å². The molecule has 1 heterocycles. The summed E-state index contributed by atoms with van der Waals surface area (Å²) in [6, 6.07) is 6.89. The highest BCUT2D eigenvalue weighted by atomic mass is 16.6. The first-order valence-corrected chi connectivity index (χ1v) is 7.47. The van der Waals surface area contributed by atoms with Crippen molar-refractivity contribution in [2.24, 2.45) is 0 Å². The molecule has 2 amide bonds. The molecule has 7 nitrogen and oxygen atoms in total. The molecule has 2 rings (SSSR count). The van der Waals surface area contributed by atoms with Gasteiger partial charge in [0.2, 0.25) is 0 Å². The van der Waals surface area contributed by atoms with Gasteiger partial charge in [0.1, 0.15) is 5.60 Å². The molecule has 24 heavy (non-hydrogen) atoms. The molecule has 0 saturated carbocycles. The van der Waals surface area contributed by atoms with Crippen molar-refractivity contribution in [2.45, 2.75) is 32.9 Å². The number of hydrogen-bond acceptors (Lipinski definition) is 5. The summed E-state index contributed by atoms with van der Waals surface area (Å²) in [4.78, 5) is 31.5. The highest BCUT2D eigenvalue weighted by molar-refractivity contribution is 6.03. The first kappa shape index (κ1) is 17.4. The van der Waals surface area contributed by atoms with Gasteiger partial charge in [0, 0.05) is 24.5 Å². The Hall–Kier alpha value is -2.96. The number of alkyl carbamates (subject to hydrolysis) is 1. The molecular weight excluding hydrogens is 308 g/mol. The van der Waals surface area contributed by atoms with E-state index in [1.165, 1.54) is 18.6 Å². The first-order valence-electron chi connectivity index (χ1n) is 7.47. The van der Waals surface area contributed by atoms with E-state index in [1.807, 2.05) is 0 Å². The van der Waals surface area contributed by atoms with Crippen LogP contribution in [0.4, 0.5) is 10.6 Å². The molecule has 0 radical (unpaired) electrons. The molecule has 1 aromatic carbocycles. The fourth-order valence-corrected chi connectivity index (χ4v) is 1.81. The Morgan fingerprint density at radius 3 is 2.42 bits per heavy atom. The van der Waals surface area contributed by atoms with Crippen LogP contribution in [0.15, 0.2) is 42.9 Å². The van der Waals surface area contributed by atoms with Crippen molar-refractivity contribution in [1.82, 2.24) is 15.3 Å². The maximum Gasteiger partial charge on any atom is 0.407 e. The summed E-state index contributed by atoms with van der Waals surface area (Å²) in [5.41, 5.74) is 0.811. The van der Waals surface area contributed by atoms with Crippen molar-refractivity contribution >= 4 is 17.8 Å². The fraction of sp³-hybridized carbons (Fsp3) is 0.294. The zero-order valence-corrected chi connectivity index (χ0v) is 13.9. The predicted molar refractivity (Wildman–Crippen MR) is 89.5 cm³/mol. The lowest BCUT2D eigenvalue weighted by atomic mass is 10.1. The summed E-state index contributed by atoms with van der Waals surface area (Å²) in [5.74, 6) is 0.111. The van der Waals surface area contributed by atoms with E-state index in [4.69, 9.17) is 4.74 Å². The minimum atomic E-state index is -0.535. The molecule has 2 N–H and O–H groups in total. The van der Waals surface area contributed by atoms with Crippen molar-refractivity contribution in [3.05, 3.63) is 54.0 Å². The number of amides is 2. The molecule has 0 fully saturated rings. The number of benzene rings is 1. The molecule has 0 bridgehead atoms. The SMILES string of the molecule is CC(C)(C)OC(=O)NCc1ccc(C(=O)Nc2cnccn2)cc1. The lowest BCUT2D eigenvalue weighted by Crippen LogP contribution is -2.32. The molecule has 0 aliphatic carbocycles. The van der Waals surface area contributed by atoms with Crippen molar-refractivity contribution in [3.8, 4) is 0 Å². The Morgan fingerprint density at radius 2 is 1.83 bits per heavy atom. The fourth-order valence-electron chi connectivity index (χ4n) is 1.81. The zero-order valence-electron chi connectivity index (χ0n) is 13.9. The van der Waals surface area contributed by atoms with E-state index in [0.29, 0.717) is 17.9 Å². The first-order chi connectivity index (χ1) is 11.3. The van der Waals surface area contributed by atoms with Gasteiger partial charge in [0.25, 0.3) is 5.91 Å². The quantitative estimate of drug-likeness (QED) is 0.900. The summed E-state index contributed by atoms with van der Waals surface area (Å²) >= 11 is 0. The van der Waals surface area contributed by atoms with Crippen LogP contribution < -0.4 is 10.6 Å². The molecule has 0 atom stereocenters. The van der Waals surface area contributed by atoms with Crippen LogP contribution in [0.5, 0.6) is 0 Å². The lowest BCUT2D eigenvalue weighted by molar-refractivity contribution is 0.0523. The van der Waals surface area contributed by atoms with E-state index in [0.717, 1.165) is 5.56 Å². The van der Waals surface area contributed by atoms with Crippen LogP contribution >= 0.6 is 0 Å². The highest BCUT2D eigenvalue weighted by Crippen LogP contribution is 2.09. The second-order valence-corrected chi connectivity index (χ2v) is 6.10. The smallest absolute Gasteiger partial charge is 0.407 e. The highest BCUT2D eigenvalue weighted by Gasteiger charge is 2.15. The number of nitrogens with zero attached hydrogens (tertiary/aromatic N) is 2. The minimum Gasteiger partial charge on any atom is -0.444 e. The van der Waals surface area contributed by atoms with Gasteiger partial charge in [-0.15, -0.1) is 0 Å². The number of carbonyl (C=O) groups is 2. The molecule has 0 aliphatic rings. The van der Waals surface area contributed by atoms with Gasteiger partial charge in [-0.25, -0.2) is 9.78 Å². The number of anilines is 1. The molecule has 126 valence electrons. The average molecular weight is 328 g/mol. The van der Waals surface area contributed by atoms with Gasteiger partial charge in [-0.1, -0.05) is 12.1 Å². The Kier molecular flexibility index (Phi) is 5.47. The molecule has 0 saturated heterocycles. The van der Waals surface area contributed by atoms with Gasteiger partial charge < -0.3 is 15.4 Å². The minimum absolute atomic E-state index is 0.276. The van der Waals surface area contributed by atoms with Crippen LogP contribution in [-0.4, -0.2) is 27.6 Å². The maximum absolute atomic E-state index is 12.1. The second-order valence-electron chi connectivity index (χ2n) is 6.10. The van der Waals surface area contributed by atoms with Gasteiger partial charge in [-0.2, -0.15) is 0 Å². The Morgan fingerprint density at radius 1 is 1.12 bits per heavy atom. The second kappa shape index (κ2) is 7.54. The number of rotatable bonds is 4. The van der Waals surface area contributed by atoms with Gasteiger partial charge in [0.15, 0.2) is 5.82 Å². The van der Waals surface area contributed by atoms with Crippen molar-refractivity contribution in [3.63, 3.8) is 0 Å². The van der Waals surface area contributed by atoms with Crippen LogP contribution in [0.2, 0.25) is 0 Å². The molecule has 2 aromatic rings. The van der Waals surface area contributed by atoms with Crippen LogP contribution in [0.3, 0.4) is 0 Å². The van der Waals surface area contributed by atoms with Gasteiger partial charge in [-0.3, -0.25) is 9.78 Å². The Labute approximate surface area is 140 Å². The number of nitrogens with one attached hydrogen (secondary N) is 2. The van der Waals surface area contributed by atoms with Gasteiger partial charge in [0.05, 0.1) is 6.20 Å². The van der Waals surface area contributed by atoms with Crippen molar-refractivity contribution in [1.29, 1.82) is 0 Å². The number of ether oxygens (including phenoxy) is 1. The summed E-state index contributed by atoms with van der Waals surface area (Å²) in [6.07, 6.45) is 4.02. The summed E-state index contributed by atoms with van der Waals surface area (Å²) in [7, 11) is 0. The van der Waals surface area contributed by atoms with Crippen molar-refractivity contribution in [2.75, 3.05) is 5.32 Å². The normalized spacial score (nSPS) is 10.8. The largest absolute Gasteiger partial charge is 0.444 e. The third-order valence-corrected chi connectivity index (χ3v) is 2.86. The summed E-state index contributed by atoms with van der Waals surface area (Å²) < 4.78 is 5.16. The van der Waals surface area contributed by atoms with E-state index in [9.17, 15) is 9.59 Å². The third kappa shape index (κ3) is 5.68. The van der Waals surface area contributed by atoms with Gasteiger partial charge >= 0.3 is 6.09 Å². The van der Waals surface area contributed by atoms with Gasteiger partial charge in [-0.05, 0) is 38.5 Å². The third-order valence-electron chi connectivity index (χ3n) is 2.86. The molecule has 0 aliphatic heterocycles. The topological polar surface area (TPSA) is 93.2 Å². The van der Waals surface area contributed by atoms with E-state index in [-0.39, 0.29) is 5.91 Å². The molecule has 7 heteroatoms. The predicted octanol–water partition coefficient (Wildman–Crippen LogP) is 2.75. The van der Waals surface area contributed by atoms with Crippen LogP contribution in [0.25, 0.3) is 0 Å². The van der Waals surface area contributed by atoms with E-state index in [2.05, 4.69) is 20.6 Å². The molecule has 1 aromatic heterocycles. The molecule has 0 unspecified atom stereocenters. The van der Waals surface area contributed by atoms with E-state index in [1.54, 1.807) is 45.0 Å². The zero-order chi connectivity index (χ0) is 17.6. The van der Waals surface area contributed by atoms with Crippen LogP contribution in [-0.2, 0) is 11.3 Å². The van der Waals surface area contributed by atoms with Crippen LogP contribution in [0.1, 0.15) is 36.7 Å². The Bertz CT molecular complexity index is 694. The number of carbonyl (C=O) groups excluding carboxylic acids is 2. The number of aromatic nitrogens is 2. The Balaban J connectivity index is 1.88. The standard InChI is InChI=1S/C17H20N4O3/c1-17(2,3)24-16(23)20-10-12-4-6-13(7-5-12)15(22)21-14-11-18-8-9-19-14/h4-9,11H,10H2,1-3H3,(H,20,23)(H,19,21,22). The van der Waals surface area contributed by atoms with Crippen LogP contribution in [0, 0.1) is 0 Å².